The highest BCUT2D eigenvalue weighted by molar-refractivity contribution is 5.85. The summed E-state index contributed by atoms with van der Waals surface area (Å²) in [6, 6.07) is 2.42. The van der Waals surface area contributed by atoms with Gasteiger partial charge < -0.3 is 15.7 Å². The Morgan fingerprint density at radius 1 is 1.71 bits per heavy atom. The second kappa shape index (κ2) is 6.73. The fraction of sp³-hybridized carbons (Fsp3) is 0.800. The van der Waals surface area contributed by atoms with Crippen LogP contribution in [0.5, 0.6) is 0 Å². The van der Waals surface area contributed by atoms with Crippen LogP contribution in [0.25, 0.3) is 0 Å². The van der Waals surface area contributed by atoms with E-state index < -0.39 is 11.6 Å². The SMILES string of the molecule is CN(CCC#N)CC(O)CN1[C@@H]2C[CH]C[C@@]1(C(N)=O)CC2. The Labute approximate surface area is 126 Å². The summed E-state index contributed by atoms with van der Waals surface area (Å²) in [6.07, 6.45) is 5.49. The fourth-order valence-corrected chi connectivity index (χ4v) is 3.70. The number of nitriles is 1. The lowest BCUT2D eigenvalue weighted by Gasteiger charge is -2.43. The Bertz CT molecular complexity index is 418. The van der Waals surface area contributed by atoms with Gasteiger partial charge in [0.05, 0.1) is 12.2 Å². The van der Waals surface area contributed by atoms with Crippen LogP contribution < -0.4 is 5.73 Å². The van der Waals surface area contributed by atoms with E-state index in [0.717, 1.165) is 19.3 Å². The minimum absolute atomic E-state index is 0.272. The molecule has 0 saturated carbocycles. The summed E-state index contributed by atoms with van der Waals surface area (Å²) in [7, 11) is 1.89. The number of β-amino-alcohol motifs (C(OH)–C–C–N with tert-alkyl or cyclic N) is 1. The first-order valence-corrected chi connectivity index (χ1v) is 7.61. The minimum Gasteiger partial charge on any atom is -0.390 e. The molecule has 0 aliphatic carbocycles. The van der Waals surface area contributed by atoms with Crippen LogP contribution in [0.1, 0.15) is 32.1 Å². The highest BCUT2D eigenvalue weighted by Crippen LogP contribution is 2.43. The lowest BCUT2D eigenvalue weighted by molar-refractivity contribution is -0.131. The minimum atomic E-state index is -0.588. The number of amides is 1. The average Bonchev–Trinajstić information content (AvgIpc) is 2.64. The van der Waals surface area contributed by atoms with E-state index in [1.54, 1.807) is 0 Å². The standard InChI is InChI=1S/C15H25N4O2/c1-18(9-3-8-16)10-13(20)11-19-12-4-2-6-15(19,7-5-12)14(17)21/h2,12-13,20H,3-7,9-11H2,1H3,(H2,17,21)/t12-,13?,15+/m1/s1. The molecule has 0 spiro atoms. The number of hydrogen-bond donors (Lipinski definition) is 2. The van der Waals surface area contributed by atoms with Crippen LogP contribution in [0.4, 0.5) is 0 Å². The molecule has 2 aliphatic heterocycles. The molecule has 3 N–H and O–H groups in total. The number of carbonyl (C=O) groups excluding carboxylic acids is 1. The Kier molecular flexibility index (Phi) is 5.20. The number of carbonyl (C=O) groups is 1. The normalized spacial score (nSPS) is 30.3. The summed E-state index contributed by atoms with van der Waals surface area (Å²) >= 11 is 0. The van der Waals surface area contributed by atoms with Crippen molar-refractivity contribution in [1.82, 2.24) is 9.80 Å². The Balaban J connectivity index is 1.94. The molecule has 21 heavy (non-hydrogen) atoms. The van der Waals surface area contributed by atoms with Crippen LogP contribution in [-0.4, -0.2) is 65.2 Å². The molecular formula is C15H25N4O2. The second-order valence-corrected chi connectivity index (χ2v) is 6.29. The number of primary amides is 1. The Hall–Kier alpha value is -1.16. The number of likely N-dealkylation sites (N-methyl/N-ethyl adjacent to an activating group) is 1. The topological polar surface area (TPSA) is 93.6 Å². The molecule has 2 aliphatic rings. The van der Waals surface area contributed by atoms with Gasteiger partial charge >= 0.3 is 0 Å². The zero-order valence-electron chi connectivity index (χ0n) is 12.7. The molecule has 117 valence electrons. The second-order valence-electron chi connectivity index (χ2n) is 6.29. The molecule has 6 nitrogen and oxygen atoms in total. The third kappa shape index (κ3) is 3.37. The van der Waals surface area contributed by atoms with E-state index in [9.17, 15) is 9.90 Å². The quantitative estimate of drug-likeness (QED) is 0.682. The number of aliphatic hydroxyl groups is 1. The number of fused-ring (bicyclic) bond motifs is 2. The van der Waals surface area contributed by atoms with Gasteiger partial charge in [-0.2, -0.15) is 5.26 Å². The molecule has 0 aromatic rings. The van der Waals surface area contributed by atoms with E-state index in [1.165, 1.54) is 0 Å². The number of piperidine rings is 1. The largest absolute Gasteiger partial charge is 0.390 e. The summed E-state index contributed by atoms with van der Waals surface area (Å²) in [5, 5.41) is 18.9. The number of nitrogens with zero attached hydrogens (tertiary/aromatic N) is 3. The van der Waals surface area contributed by atoms with Crippen molar-refractivity contribution in [3.05, 3.63) is 6.42 Å². The van der Waals surface area contributed by atoms with Crippen LogP contribution in [0.15, 0.2) is 0 Å². The summed E-state index contributed by atoms with van der Waals surface area (Å²) in [5.74, 6) is -0.272. The van der Waals surface area contributed by atoms with Crippen molar-refractivity contribution < 1.29 is 9.90 Å². The molecule has 1 radical (unpaired) electrons. The maximum atomic E-state index is 11.9. The number of rotatable bonds is 7. The molecule has 1 unspecified atom stereocenters. The molecule has 6 heteroatoms. The van der Waals surface area contributed by atoms with E-state index in [1.807, 2.05) is 11.9 Å². The van der Waals surface area contributed by atoms with Crippen LogP contribution >= 0.6 is 0 Å². The van der Waals surface area contributed by atoms with Gasteiger partial charge in [0.1, 0.15) is 5.54 Å². The van der Waals surface area contributed by atoms with E-state index in [4.69, 9.17) is 11.0 Å². The number of hydrogen-bond acceptors (Lipinski definition) is 5. The average molecular weight is 293 g/mol. The summed E-state index contributed by atoms with van der Waals surface area (Å²) in [5.41, 5.74) is 5.06. The number of aliphatic hydroxyl groups excluding tert-OH is 1. The molecule has 2 fully saturated rings. The van der Waals surface area contributed by atoms with Gasteiger partial charge in [-0.05, 0) is 39.2 Å². The Morgan fingerprint density at radius 3 is 3.14 bits per heavy atom. The van der Waals surface area contributed by atoms with Crippen LogP contribution in [0.2, 0.25) is 0 Å². The molecule has 3 atom stereocenters. The molecule has 2 saturated heterocycles. The maximum Gasteiger partial charge on any atom is 0.237 e. The first kappa shape index (κ1) is 16.2. The summed E-state index contributed by atoms with van der Waals surface area (Å²) in [4.78, 5) is 16.0. The van der Waals surface area contributed by atoms with Crippen LogP contribution in [0, 0.1) is 17.8 Å². The van der Waals surface area contributed by atoms with Gasteiger partial charge in [0.25, 0.3) is 0 Å². The zero-order chi connectivity index (χ0) is 15.5. The lowest BCUT2D eigenvalue weighted by Crippen LogP contribution is -2.60. The van der Waals surface area contributed by atoms with Gasteiger partial charge in [0.15, 0.2) is 0 Å². The Morgan fingerprint density at radius 2 is 2.48 bits per heavy atom. The van der Waals surface area contributed by atoms with Gasteiger partial charge in [-0.25, -0.2) is 0 Å². The van der Waals surface area contributed by atoms with Crippen molar-refractivity contribution in [2.75, 3.05) is 26.7 Å². The maximum absolute atomic E-state index is 11.9. The van der Waals surface area contributed by atoms with Gasteiger partial charge in [0, 0.05) is 32.1 Å². The van der Waals surface area contributed by atoms with Crippen molar-refractivity contribution in [3.8, 4) is 6.07 Å². The zero-order valence-corrected chi connectivity index (χ0v) is 12.7. The molecule has 0 aromatic carbocycles. The molecule has 1 amide bonds. The predicted molar refractivity (Wildman–Crippen MR) is 78.9 cm³/mol. The van der Waals surface area contributed by atoms with Crippen molar-refractivity contribution in [2.45, 2.75) is 49.8 Å². The summed E-state index contributed by atoms with van der Waals surface area (Å²) in [6.45, 7) is 1.62. The van der Waals surface area contributed by atoms with Crippen LogP contribution in [0.3, 0.4) is 0 Å². The molecule has 2 heterocycles. The van der Waals surface area contributed by atoms with Crippen LogP contribution in [-0.2, 0) is 4.79 Å². The molecule has 2 bridgehead atoms. The third-order valence-corrected chi connectivity index (χ3v) is 4.80. The van der Waals surface area contributed by atoms with E-state index in [2.05, 4.69) is 17.4 Å². The fourth-order valence-electron chi connectivity index (χ4n) is 3.70. The van der Waals surface area contributed by atoms with Gasteiger partial charge in [-0.1, -0.05) is 0 Å². The first-order chi connectivity index (χ1) is 9.99. The highest BCUT2D eigenvalue weighted by Gasteiger charge is 2.52. The highest BCUT2D eigenvalue weighted by atomic mass is 16.3. The van der Waals surface area contributed by atoms with Crippen molar-refractivity contribution in [3.63, 3.8) is 0 Å². The predicted octanol–water partition coefficient (Wildman–Crippen LogP) is -0.121. The molecule has 2 rings (SSSR count). The third-order valence-electron chi connectivity index (χ3n) is 4.80. The van der Waals surface area contributed by atoms with Crippen molar-refractivity contribution in [1.29, 1.82) is 5.26 Å². The molecule has 0 aromatic heterocycles. The smallest absolute Gasteiger partial charge is 0.237 e. The van der Waals surface area contributed by atoms with Gasteiger partial charge in [-0.3, -0.25) is 9.69 Å². The van der Waals surface area contributed by atoms with E-state index in [-0.39, 0.29) is 5.91 Å². The lowest BCUT2D eigenvalue weighted by atomic mass is 9.87. The van der Waals surface area contributed by atoms with E-state index in [0.29, 0.717) is 38.5 Å². The van der Waals surface area contributed by atoms with Gasteiger partial charge in [-0.15, -0.1) is 0 Å². The monoisotopic (exact) mass is 293 g/mol. The van der Waals surface area contributed by atoms with Gasteiger partial charge in [0.2, 0.25) is 5.91 Å². The first-order valence-electron chi connectivity index (χ1n) is 7.61. The summed E-state index contributed by atoms with van der Waals surface area (Å²) < 4.78 is 0. The molecular weight excluding hydrogens is 268 g/mol. The number of nitrogens with two attached hydrogens (primary N) is 1. The van der Waals surface area contributed by atoms with E-state index >= 15 is 0 Å². The van der Waals surface area contributed by atoms with Crippen molar-refractivity contribution >= 4 is 5.91 Å². The van der Waals surface area contributed by atoms with Crippen molar-refractivity contribution in [2.24, 2.45) is 5.73 Å².